The smallest absolute Gasteiger partial charge is 0.0800 e. The SMILES string of the molecule is [2H]C([2H])([2H])c1ccc(-c2cc(C(C)(C)C(C)C)c([Si](C)(C)C)cn2)cc1. The quantitative estimate of drug-likeness (QED) is 0.672. The molecule has 1 aromatic heterocycles. The van der Waals surface area contributed by atoms with Crippen LogP contribution in [-0.4, -0.2) is 13.1 Å². The van der Waals surface area contributed by atoms with Crippen LogP contribution in [0.5, 0.6) is 0 Å². The Labute approximate surface area is 147 Å². The van der Waals surface area contributed by atoms with Crippen LogP contribution in [0.3, 0.4) is 0 Å². The van der Waals surface area contributed by atoms with Crippen LogP contribution in [0.4, 0.5) is 0 Å². The summed E-state index contributed by atoms with van der Waals surface area (Å²) in [6.07, 6.45) is 2.05. The van der Waals surface area contributed by atoms with Gasteiger partial charge in [-0.1, -0.05) is 77.2 Å². The van der Waals surface area contributed by atoms with Crippen LogP contribution in [0.1, 0.15) is 42.9 Å². The van der Waals surface area contributed by atoms with Crippen molar-refractivity contribution in [1.29, 1.82) is 0 Å². The average Bonchev–Trinajstić information content (AvgIpc) is 2.52. The van der Waals surface area contributed by atoms with Crippen LogP contribution in [0.25, 0.3) is 11.3 Å². The van der Waals surface area contributed by atoms with Gasteiger partial charge in [0.2, 0.25) is 0 Å². The third kappa shape index (κ3) is 3.74. The Balaban J connectivity index is 2.59. The largest absolute Gasteiger partial charge is 0.256 e. The molecule has 0 saturated heterocycles. The lowest BCUT2D eigenvalue weighted by molar-refractivity contribution is 0.374. The van der Waals surface area contributed by atoms with Crippen molar-refractivity contribution in [3.8, 4) is 11.3 Å². The molecule has 2 rings (SSSR count). The Morgan fingerprint density at radius 1 is 1.09 bits per heavy atom. The van der Waals surface area contributed by atoms with Gasteiger partial charge in [0, 0.05) is 15.9 Å². The number of aryl methyl sites for hydroxylation is 1. The third-order valence-electron chi connectivity index (χ3n) is 5.03. The highest BCUT2D eigenvalue weighted by molar-refractivity contribution is 6.89. The minimum Gasteiger partial charge on any atom is -0.256 e. The van der Waals surface area contributed by atoms with Crippen LogP contribution >= 0.6 is 0 Å². The standard InChI is InChI=1S/C21H31NSi/c1-15(2)21(4,5)18-13-19(17-11-9-16(3)10-12-17)22-14-20(18)23(6,7)8/h9-15H,1-8H3/i3D3. The number of pyridine rings is 1. The Kier molecular flexibility index (Phi) is 3.79. The molecule has 2 heteroatoms. The molecule has 0 atom stereocenters. The van der Waals surface area contributed by atoms with Gasteiger partial charge < -0.3 is 0 Å². The fraction of sp³-hybridized carbons (Fsp3) is 0.476. The number of nitrogens with zero attached hydrogens (tertiary/aromatic N) is 1. The number of rotatable bonds is 4. The maximum Gasteiger partial charge on any atom is 0.0800 e. The Morgan fingerprint density at radius 2 is 1.70 bits per heavy atom. The molecule has 0 bridgehead atoms. The van der Waals surface area contributed by atoms with Gasteiger partial charge in [0.05, 0.1) is 13.8 Å². The zero-order valence-electron chi connectivity index (χ0n) is 18.5. The highest BCUT2D eigenvalue weighted by atomic mass is 28.3. The first-order valence-electron chi connectivity index (χ1n) is 9.86. The van der Waals surface area contributed by atoms with Gasteiger partial charge in [0.25, 0.3) is 0 Å². The van der Waals surface area contributed by atoms with Gasteiger partial charge in [-0.05, 0) is 35.0 Å². The van der Waals surface area contributed by atoms with E-state index in [0.717, 1.165) is 11.3 Å². The molecule has 0 fully saturated rings. The van der Waals surface area contributed by atoms with Gasteiger partial charge >= 0.3 is 0 Å². The third-order valence-corrected chi connectivity index (χ3v) is 7.04. The Hall–Kier alpha value is -1.41. The van der Waals surface area contributed by atoms with Crippen molar-refractivity contribution in [2.75, 3.05) is 0 Å². The van der Waals surface area contributed by atoms with Crippen molar-refractivity contribution < 1.29 is 4.11 Å². The van der Waals surface area contributed by atoms with Crippen molar-refractivity contribution in [1.82, 2.24) is 4.98 Å². The zero-order valence-corrected chi connectivity index (χ0v) is 16.5. The molecule has 124 valence electrons. The molecule has 0 aliphatic rings. The first kappa shape index (κ1) is 14.0. The number of aromatic nitrogens is 1. The van der Waals surface area contributed by atoms with Gasteiger partial charge in [-0.25, -0.2) is 0 Å². The van der Waals surface area contributed by atoms with E-state index in [1.807, 2.05) is 12.1 Å². The minimum atomic E-state index is -2.07. The van der Waals surface area contributed by atoms with Crippen molar-refractivity contribution in [3.63, 3.8) is 0 Å². The van der Waals surface area contributed by atoms with E-state index in [9.17, 15) is 0 Å². The van der Waals surface area contributed by atoms with Gasteiger partial charge in [0.1, 0.15) is 0 Å². The number of benzene rings is 1. The summed E-state index contributed by atoms with van der Waals surface area (Å²) in [6, 6.07) is 9.32. The molecule has 0 aliphatic heterocycles. The van der Waals surface area contributed by atoms with E-state index in [4.69, 9.17) is 9.10 Å². The molecule has 23 heavy (non-hydrogen) atoms. The summed E-state index contributed by atoms with van der Waals surface area (Å²) < 4.78 is 22.6. The molecule has 0 N–H and O–H groups in total. The highest BCUT2D eigenvalue weighted by Crippen LogP contribution is 2.33. The van der Waals surface area contributed by atoms with Crippen molar-refractivity contribution in [2.45, 2.75) is 59.6 Å². The molecule has 0 spiro atoms. The summed E-state index contributed by atoms with van der Waals surface area (Å²) in [5, 5.41) is 1.40. The zero-order chi connectivity index (χ0) is 19.9. The second-order valence-electron chi connectivity index (χ2n) is 8.32. The van der Waals surface area contributed by atoms with Gasteiger partial charge in [-0.15, -0.1) is 0 Å². The van der Waals surface area contributed by atoms with E-state index in [0.29, 0.717) is 11.5 Å². The number of hydrogen-bond acceptors (Lipinski definition) is 1. The lowest BCUT2D eigenvalue weighted by atomic mass is 9.75. The monoisotopic (exact) mass is 328 g/mol. The van der Waals surface area contributed by atoms with E-state index in [2.05, 4.69) is 59.6 Å². The van der Waals surface area contributed by atoms with Crippen molar-refractivity contribution in [2.24, 2.45) is 5.92 Å². The first-order chi connectivity index (χ1) is 11.7. The lowest BCUT2D eigenvalue weighted by Gasteiger charge is -2.35. The highest BCUT2D eigenvalue weighted by Gasteiger charge is 2.32. The Morgan fingerprint density at radius 3 is 2.17 bits per heavy atom. The lowest BCUT2D eigenvalue weighted by Crippen LogP contribution is -2.45. The summed E-state index contributed by atoms with van der Waals surface area (Å²) in [5.74, 6) is 0.505. The van der Waals surface area contributed by atoms with Gasteiger partial charge in [-0.2, -0.15) is 0 Å². The molecular weight excluding hydrogens is 294 g/mol. The van der Waals surface area contributed by atoms with Crippen LogP contribution < -0.4 is 5.19 Å². The van der Waals surface area contributed by atoms with E-state index in [1.165, 1.54) is 10.8 Å². The molecule has 0 aliphatic carbocycles. The topological polar surface area (TPSA) is 12.9 Å². The fourth-order valence-corrected chi connectivity index (χ4v) is 4.35. The molecule has 0 amide bonds. The van der Waals surface area contributed by atoms with Gasteiger partial charge in [-0.3, -0.25) is 4.98 Å². The molecular formula is C21H31NSi. The van der Waals surface area contributed by atoms with Gasteiger partial charge in [0.15, 0.2) is 0 Å². The van der Waals surface area contributed by atoms with Crippen LogP contribution in [-0.2, 0) is 5.41 Å². The van der Waals surface area contributed by atoms with Crippen LogP contribution in [0, 0.1) is 12.8 Å². The molecule has 1 nitrogen and oxygen atoms in total. The summed E-state index contributed by atoms with van der Waals surface area (Å²) in [6.45, 7) is 14.1. The van der Waals surface area contributed by atoms with E-state index in [1.54, 1.807) is 12.1 Å². The average molecular weight is 329 g/mol. The first-order valence-corrected chi connectivity index (χ1v) is 11.9. The molecule has 1 heterocycles. The second kappa shape index (κ2) is 6.24. The summed E-state index contributed by atoms with van der Waals surface area (Å²) in [7, 11) is -1.53. The summed E-state index contributed by atoms with van der Waals surface area (Å²) >= 11 is 0. The second-order valence-corrected chi connectivity index (χ2v) is 13.4. The van der Waals surface area contributed by atoms with Crippen molar-refractivity contribution >= 4 is 13.3 Å². The maximum absolute atomic E-state index is 7.53. The van der Waals surface area contributed by atoms with Crippen LogP contribution in [0.15, 0.2) is 36.5 Å². The summed E-state index contributed by atoms with van der Waals surface area (Å²) in [4.78, 5) is 4.73. The number of hydrogen-bond donors (Lipinski definition) is 0. The predicted octanol–water partition coefficient (Wildman–Crippen LogP) is 5.54. The molecule has 0 unspecified atom stereocenters. The maximum atomic E-state index is 7.53. The molecule has 2 aromatic rings. The molecule has 1 aromatic carbocycles. The molecule has 0 radical (unpaired) electrons. The van der Waals surface area contributed by atoms with E-state index in [-0.39, 0.29) is 5.41 Å². The fourth-order valence-electron chi connectivity index (χ4n) is 2.70. The predicted molar refractivity (Wildman–Crippen MR) is 105 cm³/mol. The molecule has 0 saturated carbocycles. The minimum absolute atomic E-state index is 0.0476. The van der Waals surface area contributed by atoms with E-state index >= 15 is 0 Å². The summed E-state index contributed by atoms with van der Waals surface area (Å²) in [5.41, 5.74) is 3.65. The normalized spacial score (nSPS) is 15.2. The van der Waals surface area contributed by atoms with Crippen molar-refractivity contribution in [3.05, 3.63) is 47.7 Å². The van der Waals surface area contributed by atoms with Crippen LogP contribution in [0.2, 0.25) is 19.6 Å². The Bertz CT molecular complexity index is 769. The van der Waals surface area contributed by atoms with E-state index < -0.39 is 14.9 Å².